The molecule has 2 heterocycles. The molecule has 1 atom stereocenters. The van der Waals surface area contributed by atoms with Crippen LogP contribution in [-0.4, -0.2) is 20.6 Å². The molecule has 0 amide bonds. The summed E-state index contributed by atoms with van der Waals surface area (Å²) in [6, 6.07) is 0.919. The van der Waals surface area contributed by atoms with Gasteiger partial charge >= 0.3 is 0 Å². The molecule has 0 radical (unpaired) electrons. The number of nitrogens with zero attached hydrogens (tertiary/aromatic N) is 3. The third-order valence-corrected chi connectivity index (χ3v) is 4.56. The van der Waals surface area contributed by atoms with E-state index in [0.29, 0.717) is 12.1 Å². The van der Waals surface area contributed by atoms with Gasteiger partial charge in [-0.25, -0.2) is 9.97 Å². The van der Waals surface area contributed by atoms with Gasteiger partial charge < -0.3 is 9.88 Å². The predicted molar refractivity (Wildman–Crippen MR) is 74.3 cm³/mol. The highest BCUT2D eigenvalue weighted by molar-refractivity contribution is 7.11. The summed E-state index contributed by atoms with van der Waals surface area (Å²) < 4.78 is 2.21. The quantitative estimate of drug-likeness (QED) is 0.920. The molecule has 18 heavy (non-hydrogen) atoms. The number of imidazole rings is 1. The van der Waals surface area contributed by atoms with E-state index < -0.39 is 0 Å². The Hall–Kier alpha value is -1.36. The minimum Gasteiger partial charge on any atom is -0.353 e. The lowest BCUT2D eigenvalue weighted by Crippen LogP contribution is -2.12. The van der Waals surface area contributed by atoms with E-state index in [1.54, 1.807) is 11.3 Å². The number of aromatic nitrogens is 3. The van der Waals surface area contributed by atoms with E-state index in [-0.39, 0.29) is 0 Å². The highest BCUT2D eigenvalue weighted by atomic mass is 32.1. The number of aryl methyl sites for hydroxylation is 2. The van der Waals surface area contributed by atoms with Crippen molar-refractivity contribution in [2.45, 2.75) is 45.7 Å². The van der Waals surface area contributed by atoms with Crippen LogP contribution in [0.15, 0.2) is 12.4 Å². The number of hydrogen-bond acceptors (Lipinski definition) is 4. The fourth-order valence-corrected chi connectivity index (χ4v) is 3.19. The summed E-state index contributed by atoms with van der Waals surface area (Å²) in [4.78, 5) is 10.2. The van der Waals surface area contributed by atoms with E-state index in [2.05, 4.69) is 40.6 Å². The van der Waals surface area contributed by atoms with Crippen molar-refractivity contribution in [1.82, 2.24) is 14.5 Å². The molecule has 0 aromatic carbocycles. The summed E-state index contributed by atoms with van der Waals surface area (Å²) in [5.41, 5.74) is 1.14. The van der Waals surface area contributed by atoms with Crippen LogP contribution in [0.5, 0.6) is 0 Å². The lowest BCUT2D eigenvalue weighted by Gasteiger charge is -2.16. The Balaban J connectivity index is 1.89. The number of hydrogen-bond donors (Lipinski definition) is 1. The van der Waals surface area contributed by atoms with Crippen LogP contribution >= 0.6 is 11.3 Å². The van der Waals surface area contributed by atoms with E-state index >= 15 is 0 Å². The molecule has 0 aliphatic heterocycles. The Morgan fingerprint density at radius 2 is 2.22 bits per heavy atom. The van der Waals surface area contributed by atoms with Crippen LogP contribution < -0.4 is 5.32 Å². The smallest absolute Gasteiger partial charge is 0.203 e. The van der Waals surface area contributed by atoms with E-state index in [1.165, 1.54) is 17.7 Å². The standard InChI is InChI=1S/C13H18N4S/c1-8-12(18-10(3)15-8)9(2)17-7-6-14-13(17)16-11-4-5-11/h6-7,9,11H,4-5H2,1-3H3,(H,14,16). The first-order valence-electron chi connectivity index (χ1n) is 6.38. The minimum absolute atomic E-state index is 0.292. The molecule has 2 aromatic rings. The van der Waals surface area contributed by atoms with Crippen molar-refractivity contribution in [3.05, 3.63) is 28.0 Å². The Labute approximate surface area is 111 Å². The predicted octanol–water partition coefficient (Wildman–Crippen LogP) is 3.14. The highest BCUT2D eigenvalue weighted by Crippen LogP contribution is 2.31. The molecule has 1 unspecified atom stereocenters. The average molecular weight is 262 g/mol. The Kier molecular flexibility index (Phi) is 2.86. The van der Waals surface area contributed by atoms with Crippen LogP contribution in [0.25, 0.3) is 0 Å². The molecule has 1 saturated carbocycles. The lowest BCUT2D eigenvalue weighted by molar-refractivity contribution is 0.649. The maximum atomic E-state index is 4.51. The van der Waals surface area contributed by atoms with Gasteiger partial charge in [-0.3, -0.25) is 0 Å². The molecule has 1 fully saturated rings. The first-order chi connectivity index (χ1) is 8.65. The normalized spacial score (nSPS) is 16.8. The van der Waals surface area contributed by atoms with Gasteiger partial charge in [-0.15, -0.1) is 11.3 Å². The number of nitrogens with one attached hydrogen (secondary N) is 1. The van der Waals surface area contributed by atoms with Crippen LogP contribution in [0.1, 0.15) is 41.4 Å². The van der Waals surface area contributed by atoms with Gasteiger partial charge in [-0.1, -0.05) is 0 Å². The molecule has 2 aromatic heterocycles. The van der Waals surface area contributed by atoms with Crippen LogP contribution in [0.2, 0.25) is 0 Å². The molecular weight excluding hydrogens is 244 g/mol. The zero-order valence-electron chi connectivity index (χ0n) is 11.0. The maximum absolute atomic E-state index is 4.51. The van der Waals surface area contributed by atoms with E-state index in [4.69, 9.17) is 0 Å². The minimum atomic E-state index is 0.292. The van der Waals surface area contributed by atoms with E-state index in [9.17, 15) is 0 Å². The molecule has 1 aliphatic carbocycles. The van der Waals surface area contributed by atoms with Crippen molar-refractivity contribution in [1.29, 1.82) is 0 Å². The van der Waals surface area contributed by atoms with Crippen molar-refractivity contribution in [2.24, 2.45) is 0 Å². The lowest BCUT2D eigenvalue weighted by atomic mass is 10.2. The van der Waals surface area contributed by atoms with Crippen molar-refractivity contribution in [3.63, 3.8) is 0 Å². The van der Waals surface area contributed by atoms with Gasteiger partial charge in [0, 0.05) is 18.4 Å². The fraction of sp³-hybridized carbons (Fsp3) is 0.538. The van der Waals surface area contributed by atoms with E-state index in [1.807, 2.05) is 12.4 Å². The van der Waals surface area contributed by atoms with Gasteiger partial charge in [0.2, 0.25) is 5.95 Å². The second-order valence-electron chi connectivity index (χ2n) is 4.94. The molecule has 3 rings (SSSR count). The van der Waals surface area contributed by atoms with Crippen molar-refractivity contribution >= 4 is 17.3 Å². The largest absolute Gasteiger partial charge is 0.353 e. The zero-order valence-corrected chi connectivity index (χ0v) is 11.8. The summed E-state index contributed by atoms with van der Waals surface area (Å²) in [5.74, 6) is 0.982. The van der Waals surface area contributed by atoms with Gasteiger partial charge in [0.25, 0.3) is 0 Å². The summed E-state index contributed by atoms with van der Waals surface area (Å²) in [7, 11) is 0. The molecule has 0 spiro atoms. The Bertz CT molecular complexity index is 553. The number of thiazole rings is 1. The van der Waals surface area contributed by atoms with Crippen LogP contribution in [0.3, 0.4) is 0 Å². The summed E-state index contributed by atoms with van der Waals surface area (Å²) in [5, 5.41) is 4.61. The average Bonchev–Trinajstić information content (AvgIpc) is 2.90. The van der Waals surface area contributed by atoms with Crippen LogP contribution in [0.4, 0.5) is 5.95 Å². The summed E-state index contributed by atoms with van der Waals surface area (Å²) in [6.07, 6.45) is 6.44. The second kappa shape index (κ2) is 4.39. The molecule has 1 N–H and O–H groups in total. The molecular formula is C13H18N4S. The SMILES string of the molecule is Cc1nc(C)c(C(C)n2ccnc2NC2CC2)s1. The van der Waals surface area contributed by atoms with Gasteiger partial charge in [0.1, 0.15) is 0 Å². The molecule has 96 valence electrons. The molecule has 0 saturated heterocycles. The summed E-state index contributed by atoms with van der Waals surface area (Å²) in [6.45, 7) is 6.35. The Morgan fingerprint density at radius 1 is 1.44 bits per heavy atom. The Morgan fingerprint density at radius 3 is 2.83 bits per heavy atom. The zero-order chi connectivity index (χ0) is 12.7. The maximum Gasteiger partial charge on any atom is 0.203 e. The number of rotatable bonds is 4. The molecule has 0 bridgehead atoms. The van der Waals surface area contributed by atoms with Crippen molar-refractivity contribution < 1.29 is 0 Å². The van der Waals surface area contributed by atoms with Crippen molar-refractivity contribution in [3.8, 4) is 0 Å². The van der Waals surface area contributed by atoms with Gasteiger partial charge in [0.15, 0.2) is 0 Å². The molecule has 5 heteroatoms. The third kappa shape index (κ3) is 2.14. The fourth-order valence-electron chi connectivity index (χ4n) is 2.21. The first-order valence-corrected chi connectivity index (χ1v) is 7.20. The monoisotopic (exact) mass is 262 g/mol. The van der Waals surface area contributed by atoms with Crippen molar-refractivity contribution in [2.75, 3.05) is 5.32 Å². The molecule has 1 aliphatic rings. The van der Waals surface area contributed by atoms with Crippen LogP contribution in [-0.2, 0) is 0 Å². The highest BCUT2D eigenvalue weighted by Gasteiger charge is 2.24. The van der Waals surface area contributed by atoms with Crippen LogP contribution in [0, 0.1) is 13.8 Å². The summed E-state index contributed by atoms with van der Waals surface area (Å²) >= 11 is 1.78. The first kappa shape index (κ1) is 11.7. The van der Waals surface area contributed by atoms with E-state index in [0.717, 1.165) is 16.6 Å². The second-order valence-corrected chi connectivity index (χ2v) is 6.17. The van der Waals surface area contributed by atoms with Gasteiger partial charge in [-0.05, 0) is 33.6 Å². The molecule has 4 nitrogen and oxygen atoms in total. The number of anilines is 1. The topological polar surface area (TPSA) is 42.7 Å². The third-order valence-electron chi connectivity index (χ3n) is 3.32. The van der Waals surface area contributed by atoms with Gasteiger partial charge in [-0.2, -0.15) is 0 Å². The van der Waals surface area contributed by atoms with Gasteiger partial charge in [0.05, 0.1) is 21.6 Å².